The molecule has 3 heterocycles. The van der Waals surface area contributed by atoms with Crippen LogP contribution in [0, 0.1) is 5.92 Å². The maximum absolute atomic E-state index is 12.8. The molecule has 2 aliphatic heterocycles. The van der Waals surface area contributed by atoms with Crippen molar-refractivity contribution in [1.29, 1.82) is 0 Å². The number of aliphatic hydroxyl groups is 1. The van der Waals surface area contributed by atoms with Gasteiger partial charge in [-0.1, -0.05) is 0 Å². The summed E-state index contributed by atoms with van der Waals surface area (Å²) < 4.78 is 5.62. The van der Waals surface area contributed by atoms with Crippen molar-refractivity contribution in [3.05, 3.63) is 18.1 Å². The Kier molecular flexibility index (Phi) is 4.85. The number of carbonyl (C=O) groups is 1. The Morgan fingerprint density at radius 3 is 2.76 bits per heavy atom. The van der Waals surface area contributed by atoms with Crippen molar-refractivity contribution in [3.8, 4) is 0 Å². The summed E-state index contributed by atoms with van der Waals surface area (Å²) in [5.41, 5.74) is 0. The Morgan fingerprint density at radius 1 is 1.20 bits per heavy atom. The van der Waals surface area contributed by atoms with Crippen LogP contribution in [0.25, 0.3) is 0 Å². The van der Waals surface area contributed by atoms with Gasteiger partial charge in [0.15, 0.2) is 5.82 Å². The first-order valence-corrected chi connectivity index (χ1v) is 9.36. The van der Waals surface area contributed by atoms with Gasteiger partial charge in [-0.25, -0.2) is 9.97 Å². The van der Waals surface area contributed by atoms with Gasteiger partial charge in [-0.2, -0.15) is 0 Å². The second-order valence-corrected chi connectivity index (χ2v) is 7.27. The highest BCUT2D eigenvalue weighted by Gasteiger charge is 2.40. The molecule has 0 spiro atoms. The molecule has 1 saturated carbocycles. The zero-order chi connectivity index (χ0) is 17.2. The zero-order valence-electron chi connectivity index (χ0n) is 14.5. The van der Waals surface area contributed by atoms with Crippen molar-refractivity contribution in [1.82, 2.24) is 14.9 Å². The average molecular weight is 346 g/mol. The van der Waals surface area contributed by atoms with Crippen LogP contribution in [0.15, 0.2) is 12.3 Å². The van der Waals surface area contributed by atoms with Crippen molar-refractivity contribution >= 4 is 11.7 Å². The lowest BCUT2D eigenvalue weighted by atomic mass is 9.81. The van der Waals surface area contributed by atoms with E-state index in [1.807, 2.05) is 11.0 Å². The van der Waals surface area contributed by atoms with Gasteiger partial charge < -0.3 is 19.6 Å². The lowest BCUT2D eigenvalue weighted by Gasteiger charge is -2.40. The van der Waals surface area contributed by atoms with E-state index in [9.17, 15) is 9.90 Å². The van der Waals surface area contributed by atoms with E-state index in [1.54, 1.807) is 6.20 Å². The second-order valence-electron chi connectivity index (χ2n) is 7.27. The zero-order valence-corrected chi connectivity index (χ0v) is 14.5. The number of aliphatic hydroxyl groups excluding tert-OH is 1. The molecule has 4 rings (SSSR count). The first kappa shape index (κ1) is 16.7. The SMILES string of the molecule is O=C(C1CC(O)C1)N1CCOCC1c1nccc(N2CCCCC2)n1. The van der Waals surface area contributed by atoms with Crippen LogP contribution in [0.3, 0.4) is 0 Å². The van der Waals surface area contributed by atoms with Crippen LogP contribution in [0.1, 0.15) is 44.0 Å². The van der Waals surface area contributed by atoms with Gasteiger partial charge in [0.05, 0.1) is 19.3 Å². The minimum atomic E-state index is -0.327. The molecule has 1 amide bonds. The first-order chi connectivity index (χ1) is 12.2. The average Bonchev–Trinajstić information content (AvgIpc) is 2.66. The number of ether oxygens (including phenoxy) is 1. The third kappa shape index (κ3) is 3.48. The summed E-state index contributed by atoms with van der Waals surface area (Å²) in [5, 5.41) is 9.50. The molecule has 136 valence electrons. The van der Waals surface area contributed by atoms with Gasteiger partial charge in [0, 0.05) is 31.7 Å². The maximum atomic E-state index is 12.8. The highest BCUT2D eigenvalue weighted by Crippen LogP contribution is 2.33. The Labute approximate surface area is 148 Å². The molecule has 7 nitrogen and oxygen atoms in total. The molecule has 1 aliphatic carbocycles. The number of carbonyl (C=O) groups excluding carboxylic acids is 1. The number of aromatic nitrogens is 2. The molecule has 3 aliphatic rings. The topological polar surface area (TPSA) is 78.8 Å². The van der Waals surface area contributed by atoms with Crippen molar-refractivity contribution in [2.24, 2.45) is 5.92 Å². The van der Waals surface area contributed by atoms with E-state index in [1.165, 1.54) is 19.3 Å². The van der Waals surface area contributed by atoms with Crippen molar-refractivity contribution in [2.45, 2.75) is 44.2 Å². The number of nitrogens with zero attached hydrogens (tertiary/aromatic N) is 4. The Bertz CT molecular complexity index is 614. The molecule has 2 saturated heterocycles. The van der Waals surface area contributed by atoms with Crippen LogP contribution in [0.4, 0.5) is 5.82 Å². The number of hydrogen-bond donors (Lipinski definition) is 1. The number of rotatable bonds is 3. The molecular formula is C18H26N4O3. The number of anilines is 1. The van der Waals surface area contributed by atoms with E-state index in [-0.39, 0.29) is 24.0 Å². The Balaban J connectivity index is 1.52. The molecule has 1 unspecified atom stereocenters. The van der Waals surface area contributed by atoms with Crippen LogP contribution in [-0.4, -0.2) is 64.8 Å². The third-order valence-corrected chi connectivity index (χ3v) is 5.51. The van der Waals surface area contributed by atoms with E-state index in [4.69, 9.17) is 9.72 Å². The predicted octanol–water partition coefficient (Wildman–Crippen LogP) is 1.14. The van der Waals surface area contributed by atoms with Crippen LogP contribution in [0.5, 0.6) is 0 Å². The molecule has 1 aromatic rings. The highest BCUT2D eigenvalue weighted by molar-refractivity contribution is 5.80. The number of piperidine rings is 1. The van der Waals surface area contributed by atoms with E-state index >= 15 is 0 Å². The van der Waals surface area contributed by atoms with Gasteiger partial charge in [-0.3, -0.25) is 4.79 Å². The normalized spacial score (nSPS) is 30.0. The summed E-state index contributed by atoms with van der Waals surface area (Å²) >= 11 is 0. The minimum Gasteiger partial charge on any atom is -0.393 e. The predicted molar refractivity (Wildman–Crippen MR) is 92.1 cm³/mol. The summed E-state index contributed by atoms with van der Waals surface area (Å²) in [6.45, 7) is 3.60. The number of hydrogen-bond acceptors (Lipinski definition) is 6. The number of amides is 1. The van der Waals surface area contributed by atoms with Gasteiger partial charge in [-0.15, -0.1) is 0 Å². The summed E-state index contributed by atoms with van der Waals surface area (Å²) in [6, 6.07) is 1.72. The molecule has 0 bridgehead atoms. The van der Waals surface area contributed by atoms with Gasteiger partial charge in [-0.05, 0) is 38.2 Å². The number of morpholine rings is 1. The molecule has 0 aromatic carbocycles. The third-order valence-electron chi connectivity index (χ3n) is 5.51. The summed E-state index contributed by atoms with van der Waals surface area (Å²) in [7, 11) is 0. The van der Waals surface area contributed by atoms with E-state index in [0.29, 0.717) is 38.4 Å². The molecule has 1 N–H and O–H groups in total. The highest BCUT2D eigenvalue weighted by atomic mass is 16.5. The molecule has 1 atom stereocenters. The fourth-order valence-electron chi connectivity index (χ4n) is 3.93. The molecule has 25 heavy (non-hydrogen) atoms. The van der Waals surface area contributed by atoms with Crippen LogP contribution >= 0.6 is 0 Å². The van der Waals surface area contributed by atoms with Gasteiger partial charge in [0.2, 0.25) is 5.91 Å². The van der Waals surface area contributed by atoms with E-state index in [0.717, 1.165) is 18.9 Å². The van der Waals surface area contributed by atoms with Crippen molar-refractivity contribution < 1.29 is 14.6 Å². The van der Waals surface area contributed by atoms with Crippen LogP contribution in [-0.2, 0) is 9.53 Å². The first-order valence-electron chi connectivity index (χ1n) is 9.36. The van der Waals surface area contributed by atoms with Crippen LogP contribution in [0.2, 0.25) is 0 Å². The molecular weight excluding hydrogens is 320 g/mol. The fourth-order valence-corrected chi connectivity index (χ4v) is 3.93. The molecule has 7 heteroatoms. The van der Waals surface area contributed by atoms with Gasteiger partial charge in [0.1, 0.15) is 11.9 Å². The molecule has 1 aromatic heterocycles. The second kappa shape index (κ2) is 7.25. The van der Waals surface area contributed by atoms with Gasteiger partial charge in [0.25, 0.3) is 0 Å². The monoisotopic (exact) mass is 346 g/mol. The quantitative estimate of drug-likeness (QED) is 0.884. The fraction of sp³-hybridized carbons (Fsp3) is 0.722. The minimum absolute atomic E-state index is 0.0686. The molecule has 0 radical (unpaired) electrons. The lowest BCUT2D eigenvalue weighted by molar-refractivity contribution is -0.151. The lowest BCUT2D eigenvalue weighted by Crippen LogP contribution is -2.50. The van der Waals surface area contributed by atoms with E-state index < -0.39 is 0 Å². The summed E-state index contributed by atoms with van der Waals surface area (Å²) in [5.74, 6) is 1.64. The van der Waals surface area contributed by atoms with Crippen molar-refractivity contribution in [2.75, 3.05) is 37.7 Å². The Hall–Kier alpha value is -1.73. The molecule has 3 fully saturated rings. The smallest absolute Gasteiger partial charge is 0.226 e. The summed E-state index contributed by atoms with van der Waals surface area (Å²) in [6.07, 6.45) is 6.26. The van der Waals surface area contributed by atoms with E-state index in [2.05, 4.69) is 9.88 Å². The van der Waals surface area contributed by atoms with Crippen molar-refractivity contribution in [3.63, 3.8) is 0 Å². The summed E-state index contributed by atoms with van der Waals surface area (Å²) in [4.78, 5) is 26.2. The van der Waals surface area contributed by atoms with Crippen LogP contribution < -0.4 is 4.90 Å². The standard InChI is InChI=1S/C18H26N4O3/c23-14-10-13(11-14)18(24)22-8-9-25-12-15(22)17-19-5-4-16(20-17)21-6-2-1-3-7-21/h4-5,13-15,23H,1-3,6-12H2. The largest absolute Gasteiger partial charge is 0.393 e. The van der Waals surface area contributed by atoms with Gasteiger partial charge >= 0.3 is 0 Å². The Morgan fingerprint density at radius 2 is 2.00 bits per heavy atom. The maximum Gasteiger partial charge on any atom is 0.226 e.